The predicted molar refractivity (Wildman–Crippen MR) is 76.2 cm³/mol. The minimum Gasteiger partial charge on any atom is -0.481 e. The molecule has 0 aliphatic heterocycles. The first-order valence-electron chi connectivity index (χ1n) is 6.41. The highest BCUT2D eigenvalue weighted by Crippen LogP contribution is 2.27. The van der Waals surface area contributed by atoms with E-state index in [4.69, 9.17) is 10.8 Å². The molecule has 1 atom stereocenters. The van der Waals surface area contributed by atoms with Gasteiger partial charge in [-0.05, 0) is 18.6 Å². The van der Waals surface area contributed by atoms with E-state index in [-0.39, 0.29) is 23.4 Å². The number of carboxylic acid groups (broad SMARTS) is 1. The van der Waals surface area contributed by atoms with Crippen LogP contribution in [0.25, 0.3) is 0 Å². The fourth-order valence-electron chi connectivity index (χ4n) is 1.97. The SMILES string of the molecule is CCCC(CC(=O)O)Nc1cc(C(N)=O)ccc1[N+](=O)[O-]. The van der Waals surface area contributed by atoms with E-state index in [2.05, 4.69) is 5.32 Å². The van der Waals surface area contributed by atoms with E-state index < -0.39 is 22.8 Å². The van der Waals surface area contributed by atoms with E-state index in [1.807, 2.05) is 6.92 Å². The second-order valence-electron chi connectivity index (χ2n) is 4.58. The zero-order valence-electron chi connectivity index (χ0n) is 11.5. The fraction of sp³-hybridized carbons (Fsp3) is 0.385. The average Bonchev–Trinajstić information content (AvgIpc) is 2.37. The quantitative estimate of drug-likeness (QED) is 0.493. The zero-order chi connectivity index (χ0) is 16.0. The van der Waals surface area contributed by atoms with E-state index >= 15 is 0 Å². The van der Waals surface area contributed by atoms with E-state index in [1.165, 1.54) is 18.2 Å². The van der Waals surface area contributed by atoms with Crippen molar-refractivity contribution in [3.63, 3.8) is 0 Å². The van der Waals surface area contributed by atoms with Crippen LogP contribution in [0, 0.1) is 10.1 Å². The number of primary amides is 1. The summed E-state index contributed by atoms with van der Waals surface area (Å²) in [5.74, 6) is -1.71. The van der Waals surface area contributed by atoms with Crippen LogP contribution in [-0.2, 0) is 4.79 Å². The van der Waals surface area contributed by atoms with Crippen LogP contribution in [0.2, 0.25) is 0 Å². The number of aliphatic carboxylic acids is 1. The number of amides is 1. The van der Waals surface area contributed by atoms with E-state index in [9.17, 15) is 19.7 Å². The number of anilines is 1. The van der Waals surface area contributed by atoms with Crippen molar-refractivity contribution in [1.82, 2.24) is 0 Å². The van der Waals surface area contributed by atoms with Crippen molar-refractivity contribution in [3.05, 3.63) is 33.9 Å². The van der Waals surface area contributed by atoms with E-state index in [0.29, 0.717) is 12.8 Å². The van der Waals surface area contributed by atoms with Crippen molar-refractivity contribution in [2.24, 2.45) is 5.73 Å². The number of carboxylic acids is 1. The van der Waals surface area contributed by atoms with Gasteiger partial charge in [0.05, 0.1) is 11.3 Å². The maximum absolute atomic E-state index is 11.2. The molecular weight excluding hydrogens is 278 g/mol. The summed E-state index contributed by atoms with van der Waals surface area (Å²) in [6.07, 6.45) is 1.07. The molecule has 0 aliphatic carbocycles. The lowest BCUT2D eigenvalue weighted by Gasteiger charge is -2.17. The van der Waals surface area contributed by atoms with Crippen molar-refractivity contribution in [3.8, 4) is 0 Å². The number of rotatable bonds is 8. The topological polar surface area (TPSA) is 136 Å². The molecule has 8 nitrogen and oxygen atoms in total. The van der Waals surface area contributed by atoms with Gasteiger partial charge in [-0.15, -0.1) is 0 Å². The second-order valence-corrected chi connectivity index (χ2v) is 4.58. The number of nitro groups is 1. The number of hydrogen-bond acceptors (Lipinski definition) is 5. The lowest BCUT2D eigenvalue weighted by atomic mass is 10.1. The van der Waals surface area contributed by atoms with Gasteiger partial charge in [0.1, 0.15) is 5.69 Å². The minimum atomic E-state index is -1.00. The third kappa shape index (κ3) is 4.75. The minimum absolute atomic E-state index is 0.0935. The van der Waals surface area contributed by atoms with E-state index in [1.54, 1.807) is 0 Å². The molecule has 21 heavy (non-hydrogen) atoms. The van der Waals surface area contributed by atoms with Crippen LogP contribution < -0.4 is 11.1 Å². The van der Waals surface area contributed by atoms with Gasteiger partial charge >= 0.3 is 5.97 Å². The number of hydrogen-bond donors (Lipinski definition) is 3. The molecule has 1 amide bonds. The highest BCUT2D eigenvalue weighted by molar-refractivity contribution is 5.94. The van der Waals surface area contributed by atoms with Crippen molar-refractivity contribution in [2.45, 2.75) is 32.2 Å². The Labute approximate surface area is 121 Å². The summed E-state index contributed by atoms with van der Waals surface area (Å²) in [5, 5.41) is 22.7. The van der Waals surface area contributed by atoms with Crippen LogP contribution in [0.15, 0.2) is 18.2 Å². The summed E-state index contributed by atoms with van der Waals surface area (Å²) in [6, 6.07) is 3.24. The van der Waals surface area contributed by atoms with Gasteiger partial charge in [0.25, 0.3) is 5.69 Å². The number of benzene rings is 1. The molecule has 0 spiro atoms. The maximum atomic E-state index is 11.2. The highest BCUT2D eigenvalue weighted by atomic mass is 16.6. The van der Waals surface area contributed by atoms with Crippen LogP contribution in [-0.4, -0.2) is 27.9 Å². The van der Waals surface area contributed by atoms with Gasteiger partial charge in [-0.2, -0.15) is 0 Å². The lowest BCUT2D eigenvalue weighted by Crippen LogP contribution is -2.24. The van der Waals surface area contributed by atoms with Crippen LogP contribution in [0.4, 0.5) is 11.4 Å². The molecule has 0 bridgehead atoms. The molecule has 1 aromatic carbocycles. The van der Waals surface area contributed by atoms with Gasteiger partial charge in [-0.3, -0.25) is 19.7 Å². The van der Waals surface area contributed by atoms with Gasteiger partial charge in [-0.1, -0.05) is 13.3 Å². The molecule has 4 N–H and O–H groups in total. The van der Waals surface area contributed by atoms with Crippen LogP contribution in [0.1, 0.15) is 36.5 Å². The summed E-state index contributed by atoms with van der Waals surface area (Å²) in [6.45, 7) is 1.88. The van der Waals surface area contributed by atoms with Crippen LogP contribution in [0.5, 0.6) is 0 Å². The summed E-state index contributed by atoms with van der Waals surface area (Å²) in [5.41, 5.74) is 5.13. The Hall–Kier alpha value is -2.64. The molecule has 1 unspecified atom stereocenters. The first-order chi connectivity index (χ1) is 9.85. The smallest absolute Gasteiger partial charge is 0.305 e. The van der Waals surface area contributed by atoms with Gasteiger partial charge in [-0.25, -0.2) is 0 Å². The third-order valence-electron chi connectivity index (χ3n) is 2.90. The molecule has 8 heteroatoms. The largest absolute Gasteiger partial charge is 0.481 e. The Morgan fingerprint density at radius 2 is 2.14 bits per heavy atom. The summed E-state index contributed by atoms with van der Waals surface area (Å²) < 4.78 is 0. The molecule has 0 saturated heterocycles. The van der Waals surface area contributed by atoms with Gasteiger partial charge in [0, 0.05) is 17.7 Å². The number of nitrogens with two attached hydrogens (primary N) is 1. The second kappa shape index (κ2) is 7.22. The first-order valence-corrected chi connectivity index (χ1v) is 6.41. The Balaban J connectivity index is 3.11. The van der Waals surface area contributed by atoms with Crippen molar-refractivity contribution >= 4 is 23.3 Å². The first kappa shape index (κ1) is 16.4. The third-order valence-corrected chi connectivity index (χ3v) is 2.90. The number of nitrogens with zero attached hydrogens (tertiary/aromatic N) is 1. The number of carbonyl (C=O) groups is 2. The van der Waals surface area contributed by atoms with E-state index in [0.717, 1.165) is 0 Å². The molecule has 114 valence electrons. The molecule has 1 aromatic rings. The van der Waals surface area contributed by atoms with Gasteiger partial charge in [0.15, 0.2) is 0 Å². The molecule has 1 rings (SSSR count). The Bertz CT molecular complexity index is 559. The predicted octanol–water partition coefficient (Wildman–Crippen LogP) is 1.75. The highest BCUT2D eigenvalue weighted by Gasteiger charge is 2.20. The molecule has 0 heterocycles. The molecule has 0 saturated carbocycles. The Morgan fingerprint density at radius 3 is 2.62 bits per heavy atom. The monoisotopic (exact) mass is 295 g/mol. The van der Waals surface area contributed by atoms with Gasteiger partial charge in [0.2, 0.25) is 5.91 Å². The summed E-state index contributed by atoms with van der Waals surface area (Å²) >= 11 is 0. The van der Waals surface area contributed by atoms with Crippen molar-refractivity contribution in [1.29, 1.82) is 0 Å². The fourth-order valence-corrected chi connectivity index (χ4v) is 1.97. The standard InChI is InChI=1S/C13H17N3O5/c1-2-3-9(7-12(17)18)15-10-6-8(13(14)19)4-5-11(10)16(20)21/h4-6,9,15H,2-3,7H2,1H3,(H2,14,19)(H,17,18). The van der Waals surface area contributed by atoms with Crippen molar-refractivity contribution < 1.29 is 19.6 Å². The number of nitro benzene ring substituents is 1. The number of carbonyl (C=O) groups excluding carboxylic acids is 1. The summed E-state index contributed by atoms with van der Waals surface area (Å²) in [4.78, 5) is 32.4. The van der Waals surface area contributed by atoms with Crippen molar-refractivity contribution in [2.75, 3.05) is 5.32 Å². The Kier molecular flexibility index (Phi) is 5.65. The molecular formula is C13H17N3O5. The number of nitrogens with one attached hydrogen (secondary N) is 1. The average molecular weight is 295 g/mol. The van der Waals surface area contributed by atoms with Crippen LogP contribution >= 0.6 is 0 Å². The maximum Gasteiger partial charge on any atom is 0.305 e. The molecule has 0 fully saturated rings. The Morgan fingerprint density at radius 1 is 1.48 bits per heavy atom. The summed E-state index contributed by atoms with van der Waals surface area (Å²) in [7, 11) is 0. The normalized spacial score (nSPS) is 11.7. The van der Waals surface area contributed by atoms with Gasteiger partial charge < -0.3 is 16.2 Å². The zero-order valence-corrected chi connectivity index (χ0v) is 11.5. The molecule has 0 aliphatic rings. The lowest BCUT2D eigenvalue weighted by molar-refractivity contribution is -0.384. The molecule has 0 aromatic heterocycles. The molecule has 0 radical (unpaired) electrons. The van der Waals surface area contributed by atoms with Crippen LogP contribution in [0.3, 0.4) is 0 Å².